The molecule has 0 aliphatic carbocycles. The fourth-order valence-electron chi connectivity index (χ4n) is 3.51. The van der Waals surface area contributed by atoms with Crippen LogP contribution in [-0.2, 0) is 6.61 Å². The van der Waals surface area contributed by atoms with E-state index in [4.69, 9.17) is 9.84 Å². The lowest BCUT2D eigenvalue weighted by molar-refractivity contribution is 0.282. The smallest absolute Gasteiger partial charge is 0.167 e. The van der Waals surface area contributed by atoms with Gasteiger partial charge in [0.05, 0.1) is 13.7 Å². The Labute approximate surface area is 190 Å². The van der Waals surface area contributed by atoms with Gasteiger partial charge in [-0.25, -0.2) is 13.2 Å². The maximum Gasteiger partial charge on any atom is 0.167 e. The summed E-state index contributed by atoms with van der Waals surface area (Å²) >= 11 is 0. The molecule has 0 aromatic heterocycles. The number of ether oxygens (including phenoxy) is 1. The number of aliphatic hydroxyl groups is 1. The van der Waals surface area contributed by atoms with Crippen LogP contribution in [0.3, 0.4) is 0 Å². The fraction of sp³-hybridized carbons (Fsp3) is 0.0714. The molecule has 4 rings (SSSR count). The second kappa shape index (κ2) is 9.76. The molecule has 2 nitrogen and oxygen atoms in total. The van der Waals surface area contributed by atoms with Crippen LogP contribution in [0.15, 0.2) is 78.9 Å². The molecule has 0 aliphatic rings. The van der Waals surface area contributed by atoms with Crippen LogP contribution >= 0.6 is 0 Å². The van der Waals surface area contributed by atoms with Crippen LogP contribution in [0, 0.1) is 17.5 Å². The predicted octanol–water partition coefficient (Wildman–Crippen LogP) is 7.11. The normalized spacial score (nSPS) is 11.2. The highest BCUT2D eigenvalue weighted by molar-refractivity contribution is 5.75. The molecule has 0 atom stereocenters. The number of rotatable bonds is 6. The minimum Gasteiger partial charge on any atom is -0.497 e. The number of hydrogen-bond acceptors (Lipinski definition) is 2. The monoisotopic (exact) mass is 446 g/mol. The zero-order valence-electron chi connectivity index (χ0n) is 17.9. The standard InChI is InChI=1S/C28H21F3O2/c1-33-23-13-12-22(26(29)16-23)11-4-18-2-7-20(8-3-18)24-14-15-25(28(31)27(24)30)21-9-5-19(17-32)6-10-21/h2-16,32H,17H2,1H3/b11-4+. The highest BCUT2D eigenvalue weighted by Crippen LogP contribution is 2.32. The predicted molar refractivity (Wildman–Crippen MR) is 125 cm³/mol. The molecule has 0 amide bonds. The summed E-state index contributed by atoms with van der Waals surface area (Å²) in [6.45, 7) is -0.115. The highest BCUT2D eigenvalue weighted by Gasteiger charge is 2.16. The molecule has 0 saturated heterocycles. The number of aliphatic hydroxyl groups excluding tert-OH is 1. The molecule has 0 heterocycles. The number of benzene rings is 4. The molecule has 0 bridgehead atoms. The number of hydrogen-bond donors (Lipinski definition) is 1. The van der Waals surface area contributed by atoms with Gasteiger partial charge in [-0.3, -0.25) is 0 Å². The van der Waals surface area contributed by atoms with Gasteiger partial charge in [0.2, 0.25) is 0 Å². The first-order valence-electron chi connectivity index (χ1n) is 10.3. The minimum absolute atomic E-state index is 0.115. The van der Waals surface area contributed by atoms with Crippen LogP contribution in [0.25, 0.3) is 34.4 Å². The van der Waals surface area contributed by atoms with Crippen molar-refractivity contribution in [3.05, 3.63) is 113 Å². The van der Waals surface area contributed by atoms with Gasteiger partial charge in [-0.1, -0.05) is 72.8 Å². The van der Waals surface area contributed by atoms with E-state index in [-0.39, 0.29) is 17.7 Å². The summed E-state index contributed by atoms with van der Waals surface area (Å²) in [6.07, 6.45) is 3.38. The van der Waals surface area contributed by atoms with E-state index in [9.17, 15) is 13.2 Å². The lowest BCUT2D eigenvalue weighted by Gasteiger charge is -2.10. The van der Waals surface area contributed by atoms with Crippen molar-refractivity contribution in [2.75, 3.05) is 7.11 Å². The van der Waals surface area contributed by atoms with Gasteiger partial charge < -0.3 is 9.84 Å². The average Bonchev–Trinajstić information content (AvgIpc) is 2.85. The van der Waals surface area contributed by atoms with Gasteiger partial charge in [0, 0.05) is 22.8 Å². The first-order valence-corrected chi connectivity index (χ1v) is 10.3. The first-order chi connectivity index (χ1) is 16.0. The van der Waals surface area contributed by atoms with Crippen LogP contribution in [-0.4, -0.2) is 12.2 Å². The Hall–Kier alpha value is -3.83. The summed E-state index contributed by atoms with van der Waals surface area (Å²) in [5.41, 5.74) is 3.26. The van der Waals surface area contributed by atoms with Crippen LogP contribution < -0.4 is 4.74 Å². The molecule has 0 saturated carbocycles. The van der Waals surface area contributed by atoms with Crippen LogP contribution in [0.2, 0.25) is 0 Å². The van der Waals surface area contributed by atoms with Crippen molar-refractivity contribution in [1.29, 1.82) is 0 Å². The molecule has 4 aromatic carbocycles. The van der Waals surface area contributed by atoms with Gasteiger partial charge in [-0.15, -0.1) is 0 Å². The van der Waals surface area contributed by atoms with Crippen molar-refractivity contribution in [1.82, 2.24) is 0 Å². The average molecular weight is 446 g/mol. The van der Waals surface area contributed by atoms with E-state index in [1.807, 2.05) is 0 Å². The van der Waals surface area contributed by atoms with E-state index in [2.05, 4.69) is 0 Å². The third kappa shape index (κ3) is 4.83. The van der Waals surface area contributed by atoms with Gasteiger partial charge in [0.1, 0.15) is 11.6 Å². The molecule has 5 heteroatoms. The summed E-state index contributed by atoms with van der Waals surface area (Å²) in [6, 6.07) is 21.2. The second-order valence-electron chi connectivity index (χ2n) is 7.49. The van der Waals surface area contributed by atoms with Crippen molar-refractivity contribution in [3.8, 4) is 28.0 Å². The Balaban J connectivity index is 1.56. The molecule has 0 fully saturated rings. The van der Waals surface area contributed by atoms with Gasteiger partial charge in [0.15, 0.2) is 11.6 Å². The molecule has 0 spiro atoms. The lowest BCUT2D eigenvalue weighted by Crippen LogP contribution is -1.94. The summed E-state index contributed by atoms with van der Waals surface area (Å²) in [4.78, 5) is 0. The van der Waals surface area contributed by atoms with Crippen molar-refractivity contribution in [2.24, 2.45) is 0 Å². The maximum absolute atomic E-state index is 14.9. The Morgan fingerprint density at radius 3 is 1.82 bits per heavy atom. The molecular weight excluding hydrogens is 425 g/mol. The van der Waals surface area contributed by atoms with E-state index in [1.165, 1.54) is 13.2 Å². The summed E-state index contributed by atoms with van der Waals surface area (Å²) < 4.78 is 48.8. The van der Waals surface area contributed by atoms with Gasteiger partial charge in [-0.05, 0) is 34.4 Å². The number of halogens is 3. The van der Waals surface area contributed by atoms with Crippen molar-refractivity contribution in [2.45, 2.75) is 6.61 Å². The molecule has 0 unspecified atom stereocenters. The molecular formula is C28H21F3O2. The van der Waals surface area contributed by atoms with Crippen molar-refractivity contribution < 1.29 is 23.0 Å². The minimum atomic E-state index is -0.928. The zero-order chi connectivity index (χ0) is 23.4. The van der Waals surface area contributed by atoms with E-state index >= 15 is 0 Å². The summed E-state index contributed by atoms with van der Waals surface area (Å²) in [5, 5.41) is 9.14. The quantitative estimate of drug-likeness (QED) is 0.320. The Morgan fingerprint density at radius 1 is 0.727 bits per heavy atom. The molecule has 0 radical (unpaired) electrons. The van der Waals surface area contributed by atoms with Gasteiger partial charge in [0.25, 0.3) is 0 Å². The summed E-state index contributed by atoms with van der Waals surface area (Å²) in [5.74, 6) is -1.81. The molecule has 166 valence electrons. The van der Waals surface area contributed by atoms with Crippen LogP contribution in [0.4, 0.5) is 13.2 Å². The third-order valence-electron chi connectivity index (χ3n) is 5.41. The number of methoxy groups -OCH3 is 1. The topological polar surface area (TPSA) is 29.5 Å². The lowest BCUT2D eigenvalue weighted by atomic mass is 9.97. The molecule has 33 heavy (non-hydrogen) atoms. The summed E-state index contributed by atoms with van der Waals surface area (Å²) in [7, 11) is 1.48. The largest absolute Gasteiger partial charge is 0.497 e. The third-order valence-corrected chi connectivity index (χ3v) is 5.41. The SMILES string of the molecule is COc1ccc(/C=C/c2ccc(-c3ccc(-c4ccc(CO)cc4)c(F)c3F)cc2)c(F)c1. The molecule has 4 aromatic rings. The second-order valence-corrected chi connectivity index (χ2v) is 7.49. The van der Waals surface area contributed by atoms with E-state index < -0.39 is 17.5 Å². The highest BCUT2D eigenvalue weighted by atomic mass is 19.2. The van der Waals surface area contributed by atoms with E-state index in [0.29, 0.717) is 28.0 Å². The molecule has 0 aliphatic heterocycles. The Bertz CT molecular complexity index is 1290. The van der Waals surface area contributed by atoms with Gasteiger partial charge >= 0.3 is 0 Å². The van der Waals surface area contributed by atoms with E-state index in [1.54, 1.807) is 84.9 Å². The zero-order valence-corrected chi connectivity index (χ0v) is 17.9. The molecule has 1 N–H and O–H groups in total. The van der Waals surface area contributed by atoms with Crippen LogP contribution in [0.1, 0.15) is 16.7 Å². The van der Waals surface area contributed by atoms with Crippen molar-refractivity contribution >= 4 is 12.2 Å². The van der Waals surface area contributed by atoms with Gasteiger partial charge in [-0.2, -0.15) is 0 Å². The van der Waals surface area contributed by atoms with E-state index in [0.717, 1.165) is 5.56 Å². The van der Waals surface area contributed by atoms with Crippen molar-refractivity contribution in [3.63, 3.8) is 0 Å². The van der Waals surface area contributed by atoms with Crippen LogP contribution in [0.5, 0.6) is 5.75 Å². The maximum atomic E-state index is 14.9. The Morgan fingerprint density at radius 2 is 1.30 bits per heavy atom. The fourth-order valence-corrected chi connectivity index (χ4v) is 3.51. The first kappa shape index (κ1) is 22.4. The Kier molecular flexibility index (Phi) is 6.61.